The van der Waals surface area contributed by atoms with Gasteiger partial charge in [0, 0.05) is 13.0 Å². The highest BCUT2D eigenvalue weighted by Crippen LogP contribution is 2.14. The molecule has 0 N–H and O–H groups in total. The van der Waals surface area contributed by atoms with E-state index in [-0.39, 0.29) is 5.91 Å². The van der Waals surface area contributed by atoms with Gasteiger partial charge < -0.3 is 0 Å². The molecule has 1 heterocycles. The molecule has 1 atom stereocenters. The number of hydrogen-bond donors (Lipinski definition) is 0. The largest absolute Gasteiger partial charge is 0.274 e. The van der Waals surface area contributed by atoms with Crippen LogP contribution in [0.3, 0.4) is 0 Å². The minimum absolute atomic E-state index is 0.0415. The van der Waals surface area contributed by atoms with Crippen LogP contribution < -0.4 is 0 Å². The van der Waals surface area contributed by atoms with Gasteiger partial charge in [-0.25, -0.2) is 4.21 Å². The lowest BCUT2D eigenvalue weighted by Crippen LogP contribution is -2.42. The van der Waals surface area contributed by atoms with Crippen molar-refractivity contribution in [2.24, 2.45) is 0 Å². The van der Waals surface area contributed by atoms with Gasteiger partial charge in [0.1, 0.15) is 0 Å². The smallest absolute Gasteiger partial charge is 0.236 e. The van der Waals surface area contributed by atoms with Gasteiger partial charge in [-0.15, -0.1) is 0 Å². The van der Waals surface area contributed by atoms with Gasteiger partial charge >= 0.3 is 0 Å². The van der Waals surface area contributed by atoms with E-state index in [1.165, 1.54) is 4.31 Å². The van der Waals surface area contributed by atoms with Crippen molar-refractivity contribution in [3.63, 3.8) is 0 Å². The monoisotopic (exact) mass is 197 g/mol. The number of amides is 1. The number of carbonyl (C=O) groups is 1. The van der Waals surface area contributed by atoms with Crippen LogP contribution in [0.2, 0.25) is 0 Å². The zero-order valence-electron chi connectivity index (χ0n) is 3.96. The second-order valence-electron chi connectivity index (χ2n) is 1.45. The topological polar surface area (TPSA) is 37.4 Å². The number of β-lactam (4-membered cyclic amide) rings is 1. The van der Waals surface area contributed by atoms with Gasteiger partial charge in [0.05, 0.1) is 14.8 Å². The Morgan fingerprint density at radius 1 is 1.75 bits per heavy atom. The lowest BCUT2D eigenvalue weighted by atomic mass is 10.3. The van der Waals surface area contributed by atoms with E-state index in [2.05, 4.69) is 14.8 Å². The summed E-state index contributed by atoms with van der Waals surface area (Å²) in [7, 11) is -1.26. The van der Waals surface area contributed by atoms with Crippen LogP contribution in [0.4, 0.5) is 0 Å². The Kier molecular flexibility index (Phi) is 1.67. The first-order valence-corrected chi connectivity index (χ1v) is 5.05. The normalized spacial score (nSPS) is 22.6. The molecule has 0 bridgehead atoms. The highest BCUT2D eigenvalue weighted by Gasteiger charge is 2.27. The summed E-state index contributed by atoms with van der Waals surface area (Å²) < 4.78 is 11.6. The van der Waals surface area contributed by atoms with Gasteiger partial charge in [0.15, 0.2) is 9.42 Å². The zero-order chi connectivity index (χ0) is 6.15. The number of hydrogen-bond acceptors (Lipinski definition) is 2. The van der Waals surface area contributed by atoms with Crippen molar-refractivity contribution in [2.75, 3.05) is 6.54 Å². The third-order valence-electron chi connectivity index (χ3n) is 0.980. The minimum atomic E-state index is -1.26. The minimum Gasteiger partial charge on any atom is -0.274 e. The van der Waals surface area contributed by atoms with E-state index in [1.807, 2.05) is 0 Å². The first kappa shape index (κ1) is 6.22. The van der Waals surface area contributed by atoms with E-state index in [9.17, 15) is 9.00 Å². The number of halogens is 1. The van der Waals surface area contributed by atoms with Crippen molar-refractivity contribution < 1.29 is 9.00 Å². The van der Waals surface area contributed by atoms with E-state index >= 15 is 0 Å². The van der Waals surface area contributed by atoms with Gasteiger partial charge in [0.25, 0.3) is 0 Å². The highest BCUT2D eigenvalue weighted by atomic mass is 79.9. The fourth-order valence-electron chi connectivity index (χ4n) is 0.446. The maximum absolute atomic E-state index is 10.4. The summed E-state index contributed by atoms with van der Waals surface area (Å²) in [5.41, 5.74) is 0. The van der Waals surface area contributed by atoms with Crippen molar-refractivity contribution >= 4 is 30.1 Å². The molecule has 1 amide bonds. The van der Waals surface area contributed by atoms with Crippen molar-refractivity contribution in [3.8, 4) is 0 Å². The van der Waals surface area contributed by atoms with Crippen molar-refractivity contribution in [3.05, 3.63) is 0 Å². The zero-order valence-corrected chi connectivity index (χ0v) is 6.37. The molecule has 0 radical (unpaired) electrons. The highest BCUT2D eigenvalue weighted by molar-refractivity contribution is 9.46. The molecule has 0 spiro atoms. The Morgan fingerprint density at radius 2 is 2.38 bits per heavy atom. The van der Waals surface area contributed by atoms with Gasteiger partial charge in [-0.1, -0.05) is 0 Å². The molecule has 1 fully saturated rings. The second-order valence-corrected chi connectivity index (χ2v) is 3.97. The van der Waals surface area contributed by atoms with E-state index in [1.54, 1.807) is 0 Å². The molecule has 0 aromatic carbocycles. The third kappa shape index (κ3) is 0.925. The molecule has 46 valence electrons. The third-order valence-corrected chi connectivity index (χ3v) is 2.76. The maximum Gasteiger partial charge on any atom is 0.236 e. The Hall–Kier alpha value is 0.1000. The van der Waals surface area contributed by atoms with Crippen molar-refractivity contribution in [1.29, 1.82) is 0 Å². The molecular weight excluding hydrogens is 194 g/mol. The molecular formula is C3H4BrNO2S. The van der Waals surface area contributed by atoms with Crippen molar-refractivity contribution in [2.45, 2.75) is 6.42 Å². The quantitative estimate of drug-likeness (QED) is 0.445. The summed E-state index contributed by atoms with van der Waals surface area (Å²) in [6, 6.07) is 0. The van der Waals surface area contributed by atoms with Gasteiger partial charge in [-0.05, 0) is 0 Å². The average molecular weight is 198 g/mol. The first-order valence-electron chi connectivity index (χ1n) is 2.10. The summed E-state index contributed by atoms with van der Waals surface area (Å²) >= 11 is 2.77. The number of carbonyl (C=O) groups excluding carboxylic acids is 1. The van der Waals surface area contributed by atoms with Crippen LogP contribution in [0.1, 0.15) is 6.42 Å². The van der Waals surface area contributed by atoms with Gasteiger partial charge in [-0.2, -0.15) is 0 Å². The predicted octanol–water partition coefficient (Wildman–Crippen LogP) is 0.192. The second kappa shape index (κ2) is 2.14. The van der Waals surface area contributed by atoms with Crippen LogP contribution in [-0.4, -0.2) is 21.0 Å². The van der Waals surface area contributed by atoms with Crippen LogP contribution >= 0.6 is 14.8 Å². The molecule has 3 nitrogen and oxygen atoms in total. The van der Waals surface area contributed by atoms with Crippen LogP contribution in [0.5, 0.6) is 0 Å². The van der Waals surface area contributed by atoms with E-state index < -0.39 is 9.42 Å². The average Bonchev–Trinajstić information content (AvgIpc) is 1.61. The Morgan fingerprint density at radius 3 is 2.38 bits per heavy atom. The predicted molar refractivity (Wildman–Crippen MR) is 33.4 cm³/mol. The fraction of sp³-hybridized carbons (Fsp3) is 0.667. The summed E-state index contributed by atoms with van der Waals surface area (Å²) in [5.74, 6) is -0.0415. The van der Waals surface area contributed by atoms with E-state index in [0.717, 1.165) is 0 Å². The van der Waals surface area contributed by atoms with E-state index in [4.69, 9.17) is 0 Å². The summed E-state index contributed by atoms with van der Waals surface area (Å²) in [5, 5.41) is 0. The van der Waals surface area contributed by atoms with E-state index in [0.29, 0.717) is 13.0 Å². The molecule has 0 saturated carbocycles. The van der Waals surface area contributed by atoms with Gasteiger partial charge in [0.2, 0.25) is 5.91 Å². The molecule has 0 aromatic heterocycles. The fourth-order valence-corrected chi connectivity index (χ4v) is 1.85. The lowest BCUT2D eigenvalue weighted by molar-refractivity contribution is -0.132. The van der Waals surface area contributed by atoms with Crippen LogP contribution in [0, 0.1) is 0 Å². The van der Waals surface area contributed by atoms with Gasteiger partial charge in [-0.3, -0.25) is 9.10 Å². The molecule has 1 saturated heterocycles. The molecule has 0 aromatic rings. The Balaban J connectivity index is 2.49. The van der Waals surface area contributed by atoms with Crippen LogP contribution in [0.15, 0.2) is 0 Å². The van der Waals surface area contributed by atoms with Crippen LogP contribution in [-0.2, 0) is 14.2 Å². The molecule has 1 unspecified atom stereocenters. The molecule has 1 aliphatic heterocycles. The Bertz CT molecular complexity index is 140. The molecule has 5 heteroatoms. The molecule has 1 rings (SSSR count). The lowest BCUT2D eigenvalue weighted by Gasteiger charge is -2.25. The standard InChI is InChI=1S/C3H4BrNO2S/c4-8(7)5-2-1-3(5)6/h1-2H2. The maximum atomic E-state index is 10.4. The summed E-state index contributed by atoms with van der Waals surface area (Å²) in [6.45, 7) is 0.622. The van der Waals surface area contributed by atoms with Crippen molar-refractivity contribution in [1.82, 2.24) is 4.31 Å². The SMILES string of the molecule is O=C1CCN1S(=O)Br. The number of nitrogens with zero attached hydrogens (tertiary/aromatic N) is 1. The molecule has 0 aliphatic carbocycles. The summed E-state index contributed by atoms with van der Waals surface area (Å²) in [6.07, 6.45) is 0.539. The van der Waals surface area contributed by atoms with Crippen LogP contribution in [0.25, 0.3) is 0 Å². The first-order chi connectivity index (χ1) is 3.72. The number of rotatable bonds is 1. The molecule has 1 aliphatic rings. The Labute approximate surface area is 56.8 Å². The summed E-state index contributed by atoms with van der Waals surface area (Å²) in [4.78, 5) is 10.4. The molecule has 8 heavy (non-hydrogen) atoms.